The summed E-state index contributed by atoms with van der Waals surface area (Å²) in [5, 5.41) is 0. The number of alkyl halides is 3. The normalized spacial score (nSPS) is 11.6. The van der Waals surface area contributed by atoms with E-state index in [0.29, 0.717) is 13.1 Å². The molecule has 0 bridgehead atoms. The number of anilines is 2. The molecule has 1 aromatic heterocycles. The van der Waals surface area contributed by atoms with E-state index in [1.54, 1.807) is 4.90 Å². The van der Waals surface area contributed by atoms with Crippen molar-refractivity contribution in [3.05, 3.63) is 11.9 Å². The van der Waals surface area contributed by atoms with Crippen LogP contribution in [0, 0.1) is 0 Å². The molecule has 0 aliphatic carbocycles. The fourth-order valence-corrected chi connectivity index (χ4v) is 1.53. The zero-order valence-electron chi connectivity index (χ0n) is 10.5. The SMILES string of the molecule is CCCCN(CC)c1cc(N)nc(C(F)(F)F)n1. The maximum Gasteiger partial charge on any atom is 0.451 e. The van der Waals surface area contributed by atoms with Crippen molar-refractivity contribution >= 4 is 11.6 Å². The van der Waals surface area contributed by atoms with Crippen molar-refractivity contribution in [3.63, 3.8) is 0 Å². The van der Waals surface area contributed by atoms with Gasteiger partial charge in [-0.15, -0.1) is 0 Å². The first-order valence-electron chi connectivity index (χ1n) is 5.85. The summed E-state index contributed by atoms with van der Waals surface area (Å²) in [7, 11) is 0. The van der Waals surface area contributed by atoms with E-state index >= 15 is 0 Å². The largest absolute Gasteiger partial charge is 0.451 e. The van der Waals surface area contributed by atoms with Gasteiger partial charge < -0.3 is 10.6 Å². The van der Waals surface area contributed by atoms with Gasteiger partial charge in [0.2, 0.25) is 5.82 Å². The number of nitrogen functional groups attached to an aromatic ring is 1. The van der Waals surface area contributed by atoms with Gasteiger partial charge >= 0.3 is 6.18 Å². The number of rotatable bonds is 5. The number of unbranched alkanes of at least 4 members (excludes halogenated alkanes) is 1. The molecule has 18 heavy (non-hydrogen) atoms. The molecule has 0 saturated carbocycles. The van der Waals surface area contributed by atoms with Crippen molar-refractivity contribution in [2.45, 2.75) is 32.9 Å². The zero-order valence-corrected chi connectivity index (χ0v) is 10.5. The first-order chi connectivity index (χ1) is 8.38. The van der Waals surface area contributed by atoms with Crippen LogP contribution in [0.15, 0.2) is 6.07 Å². The quantitative estimate of drug-likeness (QED) is 0.886. The van der Waals surface area contributed by atoms with Crippen LogP contribution in [0.3, 0.4) is 0 Å². The summed E-state index contributed by atoms with van der Waals surface area (Å²) >= 11 is 0. The lowest BCUT2D eigenvalue weighted by atomic mass is 10.3. The number of nitrogens with zero attached hydrogens (tertiary/aromatic N) is 3. The van der Waals surface area contributed by atoms with Gasteiger partial charge in [-0.1, -0.05) is 13.3 Å². The van der Waals surface area contributed by atoms with E-state index in [9.17, 15) is 13.2 Å². The van der Waals surface area contributed by atoms with E-state index in [4.69, 9.17) is 5.73 Å². The van der Waals surface area contributed by atoms with E-state index in [2.05, 4.69) is 9.97 Å². The molecule has 1 heterocycles. The van der Waals surface area contributed by atoms with Crippen molar-refractivity contribution in [2.75, 3.05) is 23.7 Å². The van der Waals surface area contributed by atoms with Gasteiger partial charge in [0.15, 0.2) is 0 Å². The standard InChI is InChI=1S/C11H17F3N4/c1-3-5-6-18(4-2)9-7-8(15)16-10(17-9)11(12,13)14/h7H,3-6H2,1-2H3,(H2,15,16,17). The van der Waals surface area contributed by atoms with Crippen LogP contribution in [0.25, 0.3) is 0 Å². The molecule has 4 nitrogen and oxygen atoms in total. The molecular weight excluding hydrogens is 245 g/mol. The van der Waals surface area contributed by atoms with Gasteiger partial charge in [0, 0.05) is 19.2 Å². The van der Waals surface area contributed by atoms with Crippen LogP contribution in [0.1, 0.15) is 32.5 Å². The van der Waals surface area contributed by atoms with E-state index in [1.807, 2.05) is 13.8 Å². The number of halogens is 3. The van der Waals surface area contributed by atoms with Gasteiger partial charge in [0.05, 0.1) is 0 Å². The summed E-state index contributed by atoms with van der Waals surface area (Å²) in [6.45, 7) is 5.11. The molecule has 0 saturated heterocycles. The Labute approximate surface area is 104 Å². The summed E-state index contributed by atoms with van der Waals surface area (Å²) in [6, 6.07) is 1.37. The van der Waals surface area contributed by atoms with Crippen LogP contribution in [0.4, 0.5) is 24.8 Å². The summed E-state index contributed by atoms with van der Waals surface area (Å²) < 4.78 is 37.7. The summed E-state index contributed by atoms with van der Waals surface area (Å²) in [5.41, 5.74) is 5.40. The van der Waals surface area contributed by atoms with Gasteiger partial charge in [-0.25, -0.2) is 9.97 Å². The Hall–Kier alpha value is -1.53. The van der Waals surface area contributed by atoms with Crippen molar-refractivity contribution in [3.8, 4) is 0 Å². The fourth-order valence-electron chi connectivity index (χ4n) is 1.53. The summed E-state index contributed by atoms with van der Waals surface area (Å²) in [4.78, 5) is 8.52. The molecular formula is C11H17F3N4. The minimum atomic E-state index is -4.58. The molecule has 1 aromatic rings. The predicted octanol–water partition coefficient (Wildman–Crippen LogP) is 2.70. The molecule has 7 heteroatoms. The molecule has 0 aliphatic heterocycles. The van der Waals surface area contributed by atoms with Crippen molar-refractivity contribution in [2.24, 2.45) is 0 Å². The van der Waals surface area contributed by atoms with Crippen molar-refractivity contribution in [1.29, 1.82) is 0 Å². The highest BCUT2D eigenvalue weighted by Crippen LogP contribution is 2.28. The van der Waals surface area contributed by atoms with Crippen LogP contribution in [0.2, 0.25) is 0 Å². The Morgan fingerprint density at radius 1 is 1.28 bits per heavy atom. The predicted molar refractivity (Wildman–Crippen MR) is 64.2 cm³/mol. The highest BCUT2D eigenvalue weighted by atomic mass is 19.4. The third kappa shape index (κ3) is 3.75. The maximum absolute atomic E-state index is 12.6. The van der Waals surface area contributed by atoms with Crippen LogP contribution >= 0.6 is 0 Å². The van der Waals surface area contributed by atoms with Gasteiger partial charge in [0.25, 0.3) is 0 Å². The molecule has 0 unspecified atom stereocenters. The smallest absolute Gasteiger partial charge is 0.384 e. The average molecular weight is 262 g/mol. The van der Waals surface area contributed by atoms with Crippen molar-refractivity contribution in [1.82, 2.24) is 9.97 Å². The highest BCUT2D eigenvalue weighted by Gasteiger charge is 2.35. The fraction of sp³-hybridized carbons (Fsp3) is 0.636. The van der Waals surface area contributed by atoms with E-state index in [1.165, 1.54) is 6.07 Å². The number of hydrogen-bond acceptors (Lipinski definition) is 4. The first-order valence-corrected chi connectivity index (χ1v) is 5.85. The Morgan fingerprint density at radius 2 is 1.94 bits per heavy atom. The second-order valence-electron chi connectivity index (χ2n) is 3.91. The molecule has 1 rings (SSSR count). The lowest BCUT2D eigenvalue weighted by Gasteiger charge is -2.22. The van der Waals surface area contributed by atoms with E-state index in [-0.39, 0.29) is 11.6 Å². The molecule has 0 aliphatic rings. The van der Waals surface area contributed by atoms with Gasteiger partial charge in [-0.2, -0.15) is 13.2 Å². The minimum Gasteiger partial charge on any atom is -0.384 e. The molecule has 2 N–H and O–H groups in total. The number of nitrogens with two attached hydrogens (primary N) is 1. The Kier molecular flexibility index (Phi) is 4.75. The average Bonchev–Trinajstić information content (AvgIpc) is 2.28. The molecule has 0 atom stereocenters. The third-order valence-electron chi connectivity index (χ3n) is 2.47. The molecule has 0 fully saturated rings. The molecule has 0 radical (unpaired) electrons. The highest BCUT2D eigenvalue weighted by molar-refractivity contribution is 5.47. The molecule has 0 spiro atoms. The van der Waals surface area contributed by atoms with E-state index < -0.39 is 12.0 Å². The van der Waals surface area contributed by atoms with Crippen molar-refractivity contribution < 1.29 is 13.2 Å². The van der Waals surface area contributed by atoms with Crippen LogP contribution in [-0.4, -0.2) is 23.1 Å². The number of hydrogen-bond donors (Lipinski definition) is 1. The monoisotopic (exact) mass is 262 g/mol. The molecule has 0 amide bonds. The summed E-state index contributed by atoms with van der Waals surface area (Å²) in [5.74, 6) is -1.12. The van der Waals surface area contributed by atoms with Crippen LogP contribution in [0.5, 0.6) is 0 Å². The van der Waals surface area contributed by atoms with Gasteiger partial charge in [0.1, 0.15) is 11.6 Å². The van der Waals surface area contributed by atoms with E-state index in [0.717, 1.165) is 12.8 Å². The zero-order chi connectivity index (χ0) is 13.8. The maximum atomic E-state index is 12.6. The van der Waals surface area contributed by atoms with Gasteiger partial charge in [-0.3, -0.25) is 0 Å². The first kappa shape index (κ1) is 14.5. The topological polar surface area (TPSA) is 55.0 Å². The Bertz CT molecular complexity index is 392. The Balaban J connectivity index is 3.04. The van der Waals surface area contributed by atoms with Crippen LogP contribution < -0.4 is 10.6 Å². The molecule has 0 aromatic carbocycles. The summed E-state index contributed by atoms with van der Waals surface area (Å²) in [6.07, 6.45) is -2.73. The second-order valence-corrected chi connectivity index (χ2v) is 3.91. The number of aromatic nitrogens is 2. The lowest BCUT2D eigenvalue weighted by molar-refractivity contribution is -0.144. The second kappa shape index (κ2) is 5.88. The third-order valence-corrected chi connectivity index (χ3v) is 2.47. The minimum absolute atomic E-state index is 0.165. The van der Waals surface area contributed by atoms with Crippen LogP contribution in [-0.2, 0) is 6.18 Å². The molecule has 102 valence electrons. The van der Waals surface area contributed by atoms with Gasteiger partial charge in [-0.05, 0) is 13.3 Å². The Morgan fingerprint density at radius 3 is 2.44 bits per heavy atom. The lowest BCUT2D eigenvalue weighted by Crippen LogP contribution is -2.26.